The van der Waals surface area contributed by atoms with Crippen LogP contribution in [0.1, 0.15) is 75.9 Å². The van der Waals surface area contributed by atoms with E-state index in [4.69, 9.17) is 9.47 Å². The number of nitrogens with one attached hydrogen (secondary N) is 2. The van der Waals surface area contributed by atoms with E-state index in [1.54, 1.807) is 51.7 Å². The Bertz CT molecular complexity index is 1640. The van der Waals surface area contributed by atoms with Crippen LogP contribution in [0.25, 0.3) is 11.1 Å². The van der Waals surface area contributed by atoms with Crippen molar-refractivity contribution in [1.29, 1.82) is 0 Å². The van der Waals surface area contributed by atoms with Crippen molar-refractivity contribution >= 4 is 35.3 Å². The molecule has 0 spiro atoms. The molecule has 3 amide bonds. The maximum atomic E-state index is 14.0. The third-order valence-electron chi connectivity index (χ3n) is 7.57. The zero-order valence-corrected chi connectivity index (χ0v) is 27.8. The molecule has 1 aliphatic rings. The third kappa shape index (κ3) is 9.75. The second-order valence-electron chi connectivity index (χ2n) is 13.3. The van der Waals surface area contributed by atoms with Gasteiger partial charge in [0.15, 0.2) is 6.61 Å². The Morgan fingerprint density at radius 1 is 0.894 bits per heavy atom. The van der Waals surface area contributed by atoms with Gasteiger partial charge in [0, 0.05) is 30.1 Å². The van der Waals surface area contributed by atoms with Crippen LogP contribution in [-0.2, 0) is 36.8 Å². The summed E-state index contributed by atoms with van der Waals surface area (Å²) in [7, 11) is 0. The number of alkyl carbamates (subject to hydrolysis) is 1. The lowest BCUT2D eigenvalue weighted by molar-refractivity contribution is -0.139. The highest BCUT2D eigenvalue weighted by molar-refractivity contribution is 6.04. The Hall–Kier alpha value is -4.99. The average Bonchev–Trinajstić information content (AvgIpc) is 3.11. The van der Waals surface area contributed by atoms with E-state index in [1.807, 2.05) is 60.7 Å². The Kier molecular flexibility index (Phi) is 10.8. The summed E-state index contributed by atoms with van der Waals surface area (Å²) in [6.45, 7) is 9.93. The number of nitrogens with zero attached hydrogens (tertiary/aromatic N) is 1. The maximum absolute atomic E-state index is 14.0. The average molecular weight is 642 g/mol. The van der Waals surface area contributed by atoms with Crippen LogP contribution in [0.3, 0.4) is 0 Å². The van der Waals surface area contributed by atoms with Crippen molar-refractivity contribution in [1.82, 2.24) is 10.6 Å². The van der Waals surface area contributed by atoms with E-state index in [1.165, 1.54) is 6.92 Å². The molecule has 1 aliphatic heterocycles. The van der Waals surface area contributed by atoms with Gasteiger partial charge < -0.3 is 25.0 Å². The topological polar surface area (TPSA) is 131 Å². The minimum Gasteiger partial charge on any atom is -0.457 e. The number of Topliss-reactive ketones (excluding diaryl/α,β-unsaturated/α-hetero) is 1. The molecule has 3 aromatic rings. The number of amides is 3. The van der Waals surface area contributed by atoms with Gasteiger partial charge in [0.05, 0.1) is 6.54 Å². The standard InChI is InChI=1S/C37H43N3O7/c1-24(41)46-23-32(42)29-13-9-8-12-28(29)26-17-15-25(16-18-26)22-40-31-14-10-7-11-27(31)19-20-30(34(40)44)38-33(43)21-37(5,6)39-35(45)47-36(2,3)4/h7-18,30H,19-23H2,1-6H3,(H,38,43)(H,39,45)/t30-/m1/s1. The molecule has 2 N–H and O–H groups in total. The number of hydrogen-bond donors (Lipinski definition) is 2. The van der Waals surface area contributed by atoms with Crippen LogP contribution >= 0.6 is 0 Å². The summed E-state index contributed by atoms with van der Waals surface area (Å²) in [6.07, 6.45) is 0.357. The first-order valence-electron chi connectivity index (χ1n) is 15.7. The first-order chi connectivity index (χ1) is 22.1. The Morgan fingerprint density at radius 3 is 2.23 bits per heavy atom. The quantitative estimate of drug-likeness (QED) is 0.213. The lowest BCUT2D eigenvalue weighted by Gasteiger charge is -2.29. The first kappa shape index (κ1) is 34.9. The Labute approximate surface area is 275 Å². The fraction of sp³-hybridized carbons (Fsp3) is 0.378. The fourth-order valence-corrected chi connectivity index (χ4v) is 5.48. The summed E-state index contributed by atoms with van der Waals surface area (Å²) in [5, 5.41) is 5.66. The molecule has 0 radical (unpaired) electrons. The number of esters is 1. The van der Waals surface area contributed by atoms with Gasteiger partial charge in [0.1, 0.15) is 11.6 Å². The largest absolute Gasteiger partial charge is 0.457 e. The zero-order chi connectivity index (χ0) is 34.4. The monoisotopic (exact) mass is 641 g/mol. The van der Waals surface area contributed by atoms with Gasteiger partial charge in [-0.1, -0.05) is 66.7 Å². The van der Waals surface area contributed by atoms with E-state index in [0.29, 0.717) is 24.0 Å². The van der Waals surface area contributed by atoms with Gasteiger partial charge in [-0.3, -0.25) is 19.2 Å². The van der Waals surface area contributed by atoms with Gasteiger partial charge in [-0.05, 0) is 75.8 Å². The number of rotatable bonds is 10. The van der Waals surface area contributed by atoms with Crippen molar-refractivity contribution in [2.24, 2.45) is 0 Å². The van der Waals surface area contributed by atoms with Crippen LogP contribution in [0, 0.1) is 0 Å². The van der Waals surface area contributed by atoms with Crippen LogP contribution in [0.2, 0.25) is 0 Å². The van der Waals surface area contributed by atoms with Crippen LogP contribution in [0.15, 0.2) is 72.8 Å². The highest BCUT2D eigenvalue weighted by Gasteiger charge is 2.33. The summed E-state index contributed by atoms with van der Waals surface area (Å²) in [4.78, 5) is 65.2. The molecule has 0 saturated carbocycles. The van der Waals surface area contributed by atoms with E-state index in [-0.39, 0.29) is 37.2 Å². The number of carbonyl (C=O) groups excluding carboxylic acids is 5. The lowest BCUT2D eigenvalue weighted by Crippen LogP contribution is -2.52. The fourth-order valence-electron chi connectivity index (χ4n) is 5.48. The molecule has 47 heavy (non-hydrogen) atoms. The number of benzene rings is 3. The molecule has 4 rings (SSSR count). The minimum absolute atomic E-state index is 0.0463. The number of para-hydroxylation sites is 1. The van der Waals surface area contributed by atoms with E-state index in [2.05, 4.69) is 10.6 Å². The second-order valence-corrected chi connectivity index (χ2v) is 13.3. The molecule has 0 bridgehead atoms. The summed E-state index contributed by atoms with van der Waals surface area (Å²) in [6, 6.07) is 21.7. The van der Waals surface area contributed by atoms with Crippen LogP contribution in [-0.4, -0.2) is 53.4 Å². The minimum atomic E-state index is -0.908. The van der Waals surface area contributed by atoms with E-state index < -0.39 is 29.2 Å². The number of carbonyl (C=O) groups is 5. The molecule has 0 saturated heterocycles. The molecule has 3 aromatic carbocycles. The molecule has 0 aromatic heterocycles. The van der Waals surface area contributed by atoms with Gasteiger partial charge in [-0.15, -0.1) is 0 Å². The maximum Gasteiger partial charge on any atom is 0.408 e. The molecule has 0 fully saturated rings. The highest BCUT2D eigenvalue weighted by atomic mass is 16.6. The van der Waals surface area contributed by atoms with Crippen LogP contribution < -0.4 is 15.5 Å². The SMILES string of the molecule is CC(=O)OCC(=O)c1ccccc1-c1ccc(CN2C(=O)[C@H](NC(=O)CC(C)(C)NC(=O)OC(C)(C)C)CCc3ccccc32)cc1. The van der Waals surface area contributed by atoms with Crippen molar-refractivity contribution in [2.45, 2.75) is 84.5 Å². The summed E-state index contributed by atoms with van der Waals surface area (Å²) < 4.78 is 10.3. The number of aryl methyl sites for hydroxylation is 1. The van der Waals surface area contributed by atoms with Gasteiger partial charge in [0.25, 0.3) is 0 Å². The van der Waals surface area contributed by atoms with Crippen LogP contribution in [0.4, 0.5) is 10.5 Å². The van der Waals surface area contributed by atoms with Gasteiger partial charge >= 0.3 is 12.1 Å². The second kappa shape index (κ2) is 14.6. The molecule has 10 heteroatoms. The van der Waals surface area contributed by atoms with Crippen molar-refractivity contribution in [3.05, 3.63) is 89.5 Å². The molecule has 0 unspecified atom stereocenters. The predicted molar refractivity (Wildman–Crippen MR) is 179 cm³/mol. The number of fused-ring (bicyclic) bond motifs is 1. The molecule has 1 atom stereocenters. The lowest BCUT2D eigenvalue weighted by atomic mass is 9.96. The molecule has 10 nitrogen and oxygen atoms in total. The zero-order valence-electron chi connectivity index (χ0n) is 27.8. The Morgan fingerprint density at radius 2 is 1.55 bits per heavy atom. The van der Waals surface area contributed by atoms with E-state index in [9.17, 15) is 24.0 Å². The Balaban J connectivity index is 1.50. The van der Waals surface area contributed by atoms with Gasteiger partial charge in [-0.25, -0.2) is 4.79 Å². The van der Waals surface area contributed by atoms with Crippen molar-refractivity contribution in [3.8, 4) is 11.1 Å². The normalized spacial score (nSPS) is 14.8. The molecule has 0 aliphatic carbocycles. The van der Waals surface area contributed by atoms with Crippen molar-refractivity contribution in [3.63, 3.8) is 0 Å². The summed E-state index contributed by atoms with van der Waals surface area (Å²) in [5.41, 5.74) is 3.01. The van der Waals surface area contributed by atoms with Crippen molar-refractivity contribution in [2.75, 3.05) is 11.5 Å². The van der Waals surface area contributed by atoms with Crippen LogP contribution in [0.5, 0.6) is 0 Å². The first-order valence-corrected chi connectivity index (χ1v) is 15.7. The smallest absolute Gasteiger partial charge is 0.408 e. The van der Waals surface area contributed by atoms with Crippen molar-refractivity contribution < 1.29 is 33.4 Å². The molecule has 1 heterocycles. The summed E-state index contributed by atoms with van der Waals surface area (Å²) >= 11 is 0. The molecular formula is C37H43N3O7. The number of hydrogen-bond acceptors (Lipinski definition) is 7. The van der Waals surface area contributed by atoms with Gasteiger partial charge in [-0.2, -0.15) is 0 Å². The van der Waals surface area contributed by atoms with E-state index in [0.717, 1.165) is 22.4 Å². The number of ketones is 1. The highest BCUT2D eigenvalue weighted by Crippen LogP contribution is 2.30. The molecular weight excluding hydrogens is 598 g/mol. The van der Waals surface area contributed by atoms with Gasteiger partial charge in [0.2, 0.25) is 17.6 Å². The number of ether oxygens (including phenoxy) is 2. The number of anilines is 1. The third-order valence-corrected chi connectivity index (χ3v) is 7.57. The summed E-state index contributed by atoms with van der Waals surface area (Å²) in [5.74, 6) is -1.41. The predicted octanol–water partition coefficient (Wildman–Crippen LogP) is 5.76. The molecule has 248 valence electrons. The van der Waals surface area contributed by atoms with E-state index >= 15 is 0 Å².